The molecule has 0 spiro atoms. The second kappa shape index (κ2) is 6.13. The van der Waals surface area contributed by atoms with Crippen molar-refractivity contribution in [3.05, 3.63) is 40.9 Å². The van der Waals surface area contributed by atoms with Crippen LogP contribution in [-0.2, 0) is 17.4 Å². The van der Waals surface area contributed by atoms with Crippen molar-refractivity contribution in [1.82, 2.24) is 4.98 Å². The Hall–Kier alpha value is -2.09. The van der Waals surface area contributed by atoms with E-state index in [-0.39, 0.29) is 17.5 Å². The molecular weight excluding hydrogens is 303 g/mol. The van der Waals surface area contributed by atoms with Gasteiger partial charge in [0.05, 0.1) is 0 Å². The third kappa shape index (κ3) is 4.45. The van der Waals surface area contributed by atoms with Gasteiger partial charge in [0, 0.05) is 17.5 Å². The van der Waals surface area contributed by atoms with Crippen LogP contribution in [0.1, 0.15) is 17.7 Å². The highest BCUT2D eigenvalue weighted by atomic mass is 32.1. The van der Waals surface area contributed by atoms with Crippen molar-refractivity contribution in [3.8, 4) is 0 Å². The standard InChI is InChI=1S/C13H12F3N3OS/c14-13(15,16)10-7-21-12(19-10)18-9-4-1-8(2-5-9)3-6-11(17)20/h1-2,4-5,7H,3,6H2,(H2,17,20)(H,18,19). The van der Waals surface area contributed by atoms with E-state index < -0.39 is 11.9 Å². The molecule has 21 heavy (non-hydrogen) atoms. The van der Waals surface area contributed by atoms with Crippen LogP contribution in [0.3, 0.4) is 0 Å². The Morgan fingerprint density at radius 3 is 2.48 bits per heavy atom. The molecule has 0 aliphatic heterocycles. The second-order valence-corrected chi connectivity index (χ2v) is 5.18. The highest BCUT2D eigenvalue weighted by molar-refractivity contribution is 7.13. The summed E-state index contributed by atoms with van der Waals surface area (Å²) in [6.45, 7) is 0. The molecule has 3 N–H and O–H groups in total. The third-order valence-electron chi connectivity index (χ3n) is 2.66. The van der Waals surface area contributed by atoms with E-state index in [4.69, 9.17) is 5.73 Å². The molecule has 8 heteroatoms. The van der Waals surface area contributed by atoms with Crippen LogP contribution in [0.25, 0.3) is 0 Å². The monoisotopic (exact) mass is 315 g/mol. The molecule has 1 amide bonds. The fourth-order valence-electron chi connectivity index (χ4n) is 1.61. The summed E-state index contributed by atoms with van der Waals surface area (Å²) in [5, 5.41) is 3.94. The zero-order valence-corrected chi connectivity index (χ0v) is 11.6. The average Bonchev–Trinajstić information content (AvgIpc) is 2.86. The number of nitrogens with zero attached hydrogens (tertiary/aromatic N) is 1. The van der Waals surface area contributed by atoms with E-state index in [1.807, 2.05) is 0 Å². The van der Waals surface area contributed by atoms with Gasteiger partial charge in [-0.15, -0.1) is 11.3 Å². The van der Waals surface area contributed by atoms with Crippen LogP contribution in [0, 0.1) is 0 Å². The highest BCUT2D eigenvalue weighted by Gasteiger charge is 2.33. The van der Waals surface area contributed by atoms with Crippen LogP contribution in [-0.4, -0.2) is 10.9 Å². The summed E-state index contributed by atoms with van der Waals surface area (Å²) in [6, 6.07) is 6.99. The number of alkyl halides is 3. The van der Waals surface area contributed by atoms with E-state index in [0.717, 1.165) is 22.3 Å². The fraction of sp³-hybridized carbons (Fsp3) is 0.231. The lowest BCUT2D eigenvalue weighted by Gasteiger charge is -2.05. The molecule has 4 nitrogen and oxygen atoms in total. The van der Waals surface area contributed by atoms with Crippen LogP contribution in [0.15, 0.2) is 29.6 Å². The minimum atomic E-state index is -4.44. The van der Waals surface area contributed by atoms with E-state index >= 15 is 0 Å². The summed E-state index contributed by atoms with van der Waals surface area (Å²) in [5.41, 5.74) is 5.70. The molecule has 0 bridgehead atoms. The molecule has 2 rings (SSSR count). The van der Waals surface area contributed by atoms with Crippen LogP contribution in [0.2, 0.25) is 0 Å². The van der Waals surface area contributed by atoms with E-state index in [1.54, 1.807) is 24.3 Å². The fourth-order valence-corrected chi connectivity index (χ4v) is 2.34. The van der Waals surface area contributed by atoms with Gasteiger partial charge >= 0.3 is 6.18 Å². The third-order valence-corrected chi connectivity index (χ3v) is 3.42. The first-order chi connectivity index (χ1) is 9.84. The van der Waals surface area contributed by atoms with Gasteiger partial charge in [0.25, 0.3) is 0 Å². The first-order valence-electron chi connectivity index (χ1n) is 6.01. The SMILES string of the molecule is NC(=O)CCc1ccc(Nc2nc(C(F)(F)F)cs2)cc1. The van der Waals surface area contributed by atoms with Gasteiger partial charge in [-0.1, -0.05) is 12.1 Å². The zero-order valence-electron chi connectivity index (χ0n) is 10.8. The molecule has 1 aromatic carbocycles. The molecule has 0 aliphatic rings. The predicted molar refractivity (Wildman–Crippen MR) is 74.4 cm³/mol. The number of halogens is 3. The summed E-state index contributed by atoms with van der Waals surface area (Å²) < 4.78 is 37.3. The van der Waals surface area contributed by atoms with Gasteiger partial charge in [-0.05, 0) is 24.1 Å². The number of rotatable bonds is 5. The molecule has 0 fully saturated rings. The molecule has 0 aliphatic carbocycles. The van der Waals surface area contributed by atoms with Crippen LogP contribution in [0.4, 0.5) is 24.0 Å². The molecule has 112 valence electrons. The van der Waals surface area contributed by atoms with Crippen LogP contribution >= 0.6 is 11.3 Å². The first-order valence-corrected chi connectivity index (χ1v) is 6.89. The van der Waals surface area contributed by atoms with Crippen molar-refractivity contribution in [2.45, 2.75) is 19.0 Å². The van der Waals surface area contributed by atoms with Gasteiger partial charge < -0.3 is 11.1 Å². The van der Waals surface area contributed by atoms with Crippen molar-refractivity contribution in [2.75, 3.05) is 5.32 Å². The second-order valence-electron chi connectivity index (χ2n) is 4.32. The number of thiazole rings is 1. The van der Waals surface area contributed by atoms with Gasteiger partial charge in [0.15, 0.2) is 10.8 Å². The van der Waals surface area contributed by atoms with Crippen molar-refractivity contribution in [2.24, 2.45) is 5.73 Å². The summed E-state index contributed by atoms with van der Waals surface area (Å²) in [7, 11) is 0. The number of primary amides is 1. The van der Waals surface area contributed by atoms with E-state index in [1.165, 1.54) is 0 Å². The number of benzene rings is 1. The minimum absolute atomic E-state index is 0.173. The zero-order chi connectivity index (χ0) is 15.5. The number of nitrogens with two attached hydrogens (primary N) is 1. The molecule has 0 radical (unpaired) electrons. The van der Waals surface area contributed by atoms with Crippen molar-refractivity contribution in [3.63, 3.8) is 0 Å². The number of aryl methyl sites for hydroxylation is 1. The lowest BCUT2D eigenvalue weighted by Crippen LogP contribution is -2.11. The molecular formula is C13H12F3N3OS. The number of aromatic nitrogens is 1. The quantitative estimate of drug-likeness (QED) is 0.889. The Morgan fingerprint density at radius 1 is 1.29 bits per heavy atom. The topological polar surface area (TPSA) is 68.0 Å². The predicted octanol–water partition coefficient (Wildman–Crippen LogP) is 3.32. The molecule has 1 aromatic heterocycles. The lowest BCUT2D eigenvalue weighted by atomic mass is 10.1. The Bertz CT molecular complexity index is 622. The maximum Gasteiger partial charge on any atom is 0.434 e. The van der Waals surface area contributed by atoms with E-state index in [0.29, 0.717) is 12.1 Å². The average molecular weight is 315 g/mol. The Kier molecular flexibility index (Phi) is 4.46. The van der Waals surface area contributed by atoms with Gasteiger partial charge in [0.2, 0.25) is 5.91 Å². The van der Waals surface area contributed by atoms with E-state index in [9.17, 15) is 18.0 Å². The normalized spacial score (nSPS) is 11.4. The van der Waals surface area contributed by atoms with Crippen molar-refractivity contribution in [1.29, 1.82) is 0 Å². The maximum atomic E-state index is 12.4. The first kappa shape index (κ1) is 15.3. The summed E-state index contributed by atoms with van der Waals surface area (Å²) in [5.74, 6) is -0.375. The summed E-state index contributed by atoms with van der Waals surface area (Å²) in [6.07, 6.45) is -3.64. The lowest BCUT2D eigenvalue weighted by molar-refractivity contribution is -0.140. The number of anilines is 2. The number of hydrogen-bond donors (Lipinski definition) is 2. The smallest absolute Gasteiger partial charge is 0.370 e. The van der Waals surface area contributed by atoms with Crippen LogP contribution < -0.4 is 11.1 Å². The van der Waals surface area contributed by atoms with Gasteiger partial charge in [-0.25, -0.2) is 4.98 Å². The van der Waals surface area contributed by atoms with E-state index in [2.05, 4.69) is 10.3 Å². The number of carbonyl (C=O) groups excluding carboxylic acids is 1. The molecule has 2 aromatic rings. The number of carbonyl (C=O) groups is 1. The van der Waals surface area contributed by atoms with Gasteiger partial charge in [-0.2, -0.15) is 13.2 Å². The number of amides is 1. The number of hydrogen-bond acceptors (Lipinski definition) is 4. The molecule has 0 saturated carbocycles. The Morgan fingerprint density at radius 2 is 1.95 bits per heavy atom. The summed E-state index contributed by atoms with van der Waals surface area (Å²) in [4.78, 5) is 14.2. The molecule has 0 unspecified atom stereocenters. The van der Waals surface area contributed by atoms with Crippen molar-refractivity contribution >= 4 is 28.1 Å². The van der Waals surface area contributed by atoms with Gasteiger partial charge in [0.1, 0.15) is 0 Å². The Labute approximate surface area is 122 Å². The summed E-state index contributed by atoms with van der Waals surface area (Å²) >= 11 is 0.886. The highest BCUT2D eigenvalue weighted by Crippen LogP contribution is 2.32. The molecule has 1 heterocycles. The van der Waals surface area contributed by atoms with Gasteiger partial charge in [-0.3, -0.25) is 4.79 Å². The molecule has 0 saturated heterocycles. The Balaban J connectivity index is 2.00. The molecule has 0 atom stereocenters. The minimum Gasteiger partial charge on any atom is -0.370 e. The largest absolute Gasteiger partial charge is 0.434 e. The van der Waals surface area contributed by atoms with Crippen LogP contribution in [0.5, 0.6) is 0 Å². The number of nitrogens with one attached hydrogen (secondary N) is 1. The van der Waals surface area contributed by atoms with Crippen molar-refractivity contribution < 1.29 is 18.0 Å². The maximum absolute atomic E-state index is 12.4.